The van der Waals surface area contributed by atoms with Crippen molar-refractivity contribution in [3.63, 3.8) is 0 Å². The number of carbonyl (C=O) groups excluding carboxylic acids is 3. The van der Waals surface area contributed by atoms with E-state index >= 15 is 0 Å². The van der Waals surface area contributed by atoms with Gasteiger partial charge in [0.25, 0.3) is 0 Å². The molecule has 0 amide bonds. The molecule has 2 unspecified atom stereocenters. The number of carbonyl (C=O) groups is 3. The summed E-state index contributed by atoms with van der Waals surface area (Å²) in [7, 11) is 0. The van der Waals surface area contributed by atoms with Crippen LogP contribution in [0.15, 0.2) is 42.5 Å². The van der Waals surface area contributed by atoms with E-state index in [1.807, 2.05) is 0 Å². The third-order valence-electron chi connectivity index (χ3n) is 6.95. The fourth-order valence-corrected chi connectivity index (χ4v) is 5.78. The maximum atomic E-state index is 13.1. The van der Waals surface area contributed by atoms with Crippen LogP contribution in [0.4, 0.5) is 0 Å². The zero-order valence-electron chi connectivity index (χ0n) is 16.6. The molecule has 0 bridgehead atoms. The zero-order valence-corrected chi connectivity index (χ0v) is 17.4. The average molecular weight is 423 g/mol. The fraction of sp³-hybridized carbons (Fsp3) is 0.400. The minimum atomic E-state index is -0.512. The summed E-state index contributed by atoms with van der Waals surface area (Å²) in [4.78, 5) is 39.1. The Balaban J connectivity index is 1.39. The van der Waals surface area contributed by atoms with E-state index in [1.165, 1.54) is 0 Å². The van der Waals surface area contributed by atoms with Gasteiger partial charge in [-0.1, -0.05) is 36.4 Å². The molecule has 4 atom stereocenters. The van der Waals surface area contributed by atoms with E-state index in [0.717, 1.165) is 38.5 Å². The molecule has 154 valence electrons. The van der Waals surface area contributed by atoms with Crippen LogP contribution in [0.2, 0.25) is 0 Å². The Labute approximate surface area is 180 Å². The predicted molar refractivity (Wildman–Crippen MR) is 113 cm³/mol. The summed E-state index contributed by atoms with van der Waals surface area (Å²) < 4.78 is 5.86. The molecule has 0 saturated heterocycles. The molecule has 5 rings (SSSR count). The Bertz CT molecular complexity index is 1040. The lowest BCUT2D eigenvalue weighted by atomic mass is 9.70. The Morgan fingerprint density at radius 1 is 0.800 bits per heavy atom. The first kappa shape index (κ1) is 19.5. The van der Waals surface area contributed by atoms with E-state index in [0.29, 0.717) is 23.0 Å². The number of fused-ring (bicyclic) bond motifs is 3. The van der Waals surface area contributed by atoms with Crippen molar-refractivity contribution in [1.82, 2.24) is 0 Å². The quantitative estimate of drug-likeness (QED) is 0.421. The summed E-state index contributed by atoms with van der Waals surface area (Å²) in [5, 5.41) is 0.271. The van der Waals surface area contributed by atoms with Crippen LogP contribution in [0.3, 0.4) is 0 Å². The van der Waals surface area contributed by atoms with Crippen molar-refractivity contribution in [2.24, 2.45) is 11.8 Å². The molecule has 2 fully saturated rings. The van der Waals surface area contributed by atoms with E-state index in [2.05, 4.69) is 0 Å². The highest BCUT2D eigenvalue weighted by Crippen LogP contribution is 2.43. The summed E-state index contributed by atoms with van der Waals surface area (Å²) in [6, 6.07) is 11.6. The van der Waals surface area contributed by atoms with Gasteiger partial charge in [0.2, 0.25) is 0 Å². The second-order valence-electron chi connectivity index (χ2n) is 8.70. The lowest BCUT2D eigenvalue weighted by Crippen LogP contribution is -2.35. The van der Waals surface area contributed by atoms with E-state index in [1.54, 1.807) is 42.5 Å². The van der Waals surface area contributed by atoms with Crippen LogP contribution in [0, 0.1) is 11.8 Å². The minimum Gasteiger partial charge on any atom is -0.459 e. The number of benzene rings is 2. The van der Waals surface area contributed by atoms with Gasteiger partial charge in [-0.3, -0.25) is 9.59 Å². The van der Waals surface area contributed by atoms with Gasteiger partial charge in [-0.25, -0.2) is 4.79 Å². The Morgan fingerprint density at radius 2 is 1.47 bits per heavy atom. The fourth-order valence-electron chi connectivity index (χ4n) is 5.43. The van der Waals surface area contributed by atoms with E-state index in [4.69, 9.17) is 16.3 Å². The Hall–Kier alpha value is -2.46. The van der Waals surface area contributed by atoms with Crippen molar-refractivity contribution in [2.45, 2.75) is 50.0 Å². The first-order chi connectivity index (χ1) is 14.5. The number of hydrogen-bond acceptors (Lipinski definition) is 4. The second-order valence-corrected chi connectivity index (χ2v) is 9.32. The number of hydrogen-bond donors (Lipinski definition) is 0. The molecule has 2 aromatic rings. The maximum absolute atomic E-state index is 13.1. The summed E-state index contributed by atoms with van der Waals surface area (Å²) in [6.45, 7) is 0. The van der Waals surface area contributed by atoms with Gasteiger partial charge >= 0.3 is 5.97 Å². The lowest BCUT2D eigenvalue weighted by Gasteiger charge is -2.40. The molecule has 0 spiro atoms. The summed E-state index contributed by atoms with van der Waals surface area (Å²) in [5.74, 6) is 0.134. The molecule has 30 heavy (non-hydrogen) atoms. The van der Waals surface area contributed by atoms with Crippen molar-refractivity contribution in [2.75, 3.05) is 0 Å². The monoisotopic (exact) mass is 422 g/mol. The van der Waals surface area contributed by atoms with Crippen LogP contribution < -0.4 is 0 Å². The standard InChI is InChI=1S/C25H23ClO4/c26-16-10-8-15-13-17(11-9-14(15)12-16)30-25(29)21-7-3-6-20-22(21)24(28)19-5-2-1-4-18(19)23(20)27/h1-7,14-17H,8-13H2/t14-,15?,16?,17-/m1/s1. The molecule has 0 N–H and O–H groups in total. The second kappa shape index (κ2) is 7.66. The van der Waals surface area contributed by atoms with Crippen molar-refractivity contribution < 1.29 is 19.1 Å². The predicted octanol–water partition coefficient (Wildman–Crippen LogP) is 5.20. The Morgan fingerprint density at radius 3 is 2.27 bits per heavy atom. The maximum Gasteiger partial charge on any atom is 0.339 e. The topological polar surface area (TPSA) is 60.4 Å². The molecule has 0 radical (unpaired) electrons. The van der Waals surface area contributed by atoms with Gasteiger partial charge in [-0.15, -0.1) is 11.6 Å². The highest BCUT2D eigenvalue weighted by atomic mass is 35.5. The van der Waals surface area contributed by atoms with Gasteiger partial charge < -0.3 is 4.74 Å². The molecule has 0 aliphatic heterocycles. The minimum absolute atomic E-state index is 0.150. The van der Waals surface area contributed by atoms with Crippen LogP contribution in [0.1, 0.15) is 80.7 Å². The zero-order chi connectivity index (χ0) is 20.8. The number of rotatable bonds is 2. The SMILES string of the molecule is O=C(O[C@@H]1CC[C@@H]2CC(Cl)CCC2C1)c1cccc2c1C(=O)c1ccccc1C2=O. The highest BCUT2D eigenvalue weighted by Gasteiger charge is 2.38. The van der Waals surface area contributed by atoms with Crippen LogP contribution in [-0.2, 0) is 4.74 Å². The van der Waals surface area contributed by atoms with Crippen LogP contribution in [-0.4, -0.2) is 29.0 Å². The number of esters is 1. The third-order valence-corrected chi connectivity index (χ3v) is 7.34. The van der Waals surface area contributed by atoms with Gasteiger partial charge in [0.05, 0.1) is 5.56 Å². The van der Waals surface area contributed by atoms with Gasteiger partial charge in [-0.2, -0.15) is 0 Å². The van der Waals surface area contributed by atoms with Gasteiger partial charge in [0.1, 0.15) is 6.10 Å². The Kier molecular flexibility index (Phi) is 4.98. The number of alkyl halides is 1. The first-order valence-corrected chi connectivity index (χ1v) is 11.1. The van der Waals surface area contributed by atoms with Gasteiger partial charge in [0, 0.05) is 27.6 Å². The molecule has 2 aromatic carbocycles. The van der Waals surface area contributed by atoms with Crippen LogP contribution in [0.25, 0.3) is 0 Å². The molecule has 5 heteroatoms. The van der Waals surface area contributed by atoms with E-state index < -0.39 is 5.97 Å². The molecule has 4 nitrogen and oxygen atoms in total. The van der Waals surface area contributed by atoms with Crippen LogP contribution >= 0.6 is 11.6 Å². The van der Waals surface area contributed by atoms with E-state index in [9.17, 15) is 14.4 Å². The molecule has 3 aliphatic rings. The molecule has 3 aliphatic carbocycles. The van der Waals surface area contributed by atoms with Gasteiger partial charge in [-0.05, 0) is 56.4 Å². The molecule has 0 aromatic heterocycles. The van der Waals surface area contributed by atoms with Crippen molar-refractivity contribution in [3.8, 4) is 0 Å². The largest absolute Gasteiger partial charge is 0.459 e. The normalized spacial score (nSPS) is 27.6. The number of ether oxygens (including phenoxy) is 1. The average Bonchev–Trinajstić information content (AvgIpc) is 2.77. The van der Waals surface area contributed by atoms with Crippen LogP contribution in [0.5, 0.6) is 0 Å². The van der Waals surface area contributed by atoms with Crippen molar-refractivity contribution in [3.05, 3.63) is 70.3 Å². The first-order valence-electron chi connectivity index (χ1n) is 10.7. The molecular formula is C25H23ClO4. The molecule has 0 heterocycles. The smallest absolute Gasteiger partial charge is 0.339 e. The number of ketones is 2. The third kappa shape index (κ3) is 3.27. The molecule has 2 saturated carbocycles. The van der Waals surface area contributed by atoms with Crippen molar-refractivity contribution >= 4 is 29.1 Å². The van der Waals surface area contributed by atoms with Crippen molar-refractivity contribution in [1.29, 1.82) is 0 Å². The summed E-state index contributed by atoms with van der Waals surface area (Å²) in [6.07, 6.45) is 5.69. The highest BCUT2D eigenvalue weighted by molar-refractivity contribution is 6.30. The summed E-state index contributed by atoms with van der Waals surface area (Å²) in [5.41, 5.74) is 1.36. The lowest BCUT2D eigenvalue weighted by molar-refractivity contribution is -0.000759. The van der Waals surface area contributed by atoms with Gasteiger partial charge in [0.15, 0.2) is 11.6 Å². The molecular weight excluding hydrogens is 400 g/mol. The van der Waals surface area contributed by atoms with E-state index in [-0.39, 0.29) is 39.7 Å². The number of halogens is 1. The summed E-state index contributed by atoms with van der Waals surface area (Å²) >= 11 is 6.32.